The second-order valence-corrected chi connectivity index (χ2v) is 9.22. The summed E-state index contributed by atoms with van der Waals surface area (Å²) in [5, 5.41) is 11.4. The van der Waals surface area contributed by atoms with Crippen LogP contribution in [0.2, 0.25) is 0 Å². The normalized spacial score (nSPS) is 15.0. The lowest BCUT2D eigenvalue weighted by Gasteiger charge is -2.22. The Morgan fingerprint density at radius 3 is 2.45 bits per heavy atom. The zero-order valence-corrected chi connectivity index (χ0v) is 22.8. The maximum Gasteiger partial charge on any atom is 0.422 e. The number of ether oxygens (including phenoxy) is 2. The smallest absolute Gasteiger partial charge is 0.422 e. The molecule has 4 aliphatic heterocycles. The third-order valence-electron chi connectivity index (χ3n) is 6.03. The lowest BCUT2D eigenvalue weighted by molar-refractivity contribution is -0.154. The van der Waals surface area contributed by atoms with Crippen molar-refractivity contribution in [1.82, 2.24) is 30.5 Å². The summed E-state index contributed by atoms with van der Waals surface area (Å²) in [5.41, 5.74) is 1.73. The van der Waals surface area contributed by atoms with Gasteiger partial charge in [-0.15, -0.1) is 0 Å². The number of nitrogens with zero attached hydrogens (tertiary/aromatic N) is 4. The molecule has 7 rings (SSSR count). The molecule has 12 nitrogen and oxygen atoms in total. The van der Waals surface area contributed by atoms with Crippen molar-refractivity contribution in [2.45, 2.75) is 25.6 Å². The lowest BCUT2D eigenvalue weighted by atomic mass is 10.2. The van der Waals surface area contributed by atoms with Crippen molar-refractivity contribution in [3.05, 3.63) is 59.7 Å². The standard InChI is InChI=1S/C27H31F3N8O4/c1-31-26(40)38-13-3-2-12-32-22(39)19-6-8-20(9-7-19)34-24-35-23(36-25(37-24)42-17-27(28,29)30)33-16-18-4-10-21(11-5-18)41-15-14-38/h4-11H,2-3,12-17H2,1H3,(H,31,40)(H,32,39)(H2,33,34,35,36,37). The number of urea groups is 1. The molecule has 0 aliphatic carbocycles. The number of hydrogen-bond acceptors (Lipinski definition) is 9. The van der Waals surface area contributed by atoms with Crippen LogP contribution in [0.3, 0.4) is 0 Å². The summed E-state index contributed by atoms with van der Waals surface area (Å²) >= 11 is 0. The van der Waals surface area contributed by atoms with E-state index in [4.69, 9.17) is 9.47 Å². The van der Waals surface area contributed by atoms with Gasteiger partial charge in [-0.3, -0.25) is 4.79 Å². The first-order valence-electron chi connectivity index (χ1n) is 13.2. The monoisotopic (exact) mass is 588 g/mol. The number of aromatic nitrogens is 3. The molecule has 0 saturated heterocycles. The Balaban J connectivity index is 1.54. The Bertz CT molecular complexity index is 1340. The number of alkyl halides is 3. The molecule has 0 unspecified atom stereocenters. The predicted molar refractivity (Wildman–Crippen MR) is 148 cm³/mol. The van der Waals surface area contributed by atoms with Crippen molar-refractivity contribution < 1.29 is 32.2 Å². The zero-order valence-electron chi connectivity index (χ0n) is 22.8. The van der Waals surface area contributed by atoms with Crippen LogP contribution in [0.5, 0.6) is 11.8 Å². The van der Waals surface area contributed by atoms with E-state index >= 15 is 0 Å². The van der Waals surface area contributed by atoms with Gasteiger partial charge in [0, 0.05) is 37.9 Å². The van der Waals surface area contributed by atoms with Crippen LogP contribution in [0.25, 0.3) is 0 Å². The Labute approximate surface area is 240 Å². The number of amides is 3. The Hall–Kier alpha value is -4.82. The minimum absolute atomic E-state index is 0.00949. The van der Waals surface area contributed by atoms with Crippen molar-refractivity contribution in [3.63, 3.8) is 0 Å². The molecular weight excluding hydrogens is 557 g/mol. The first-order chi connectivity index (χ1) is 20.2. The third kappa shape index (κ3) is 9.38. The number of hydrogen-bond donors (Lipinski definition) is 4. The summed E-state index contributed by atoms with van der Waals surface area (Å²) in [6.45, 7) is 0.252. The zero-order chi connectivity index (χ0) is 30.0. The number of rotatable bonds is 2. The highest BCUT2D eigenvalue weighted by molar-refractivity contribution is 5.94. The molecule has 0 radical (unpaired) electrons. The SMILES string of the molecule is CNC(=O)N1CCCCNC(=O)c2ccc(cc2)Nc2nc(nc(OCC(F)(F)F)n2)NCc2ccc(cc2)OCC1. The van der Waals surface area contributed by atoms with Gasteiger partial charge in [-0.05, 0) is 54.8 Å². The van der Waals surface area contributed by atoms with Gasteiger partial charge in [0.1, 0.15) is 12.4 Å². The molecule has 15 heteroatoms. The fraction of sp³-hybridized carbons (Fsp3) is 0.370. The molecule has 0 fully saturated rings. The molecule has 3 aromatic rings. The number of carbonyl (C=O) groups is 2. The summed E-state index contributed by atoms with van der Waals surface area (Å²) in [6.07, 6.45) is -3.23. The summed E-state index contributed by atoms with van der Waals surface area (Å²) < 4.78 is 48.8. The van der Waals surface area contributed by atoms with E-state index < -0.39 is 18.8 Å². The van der Waals surface area contributed by atoms with E-state index in [1.165, 1.54) is 0 Å². The summed E-state index contributed by atoms with van der Waals surface area (Å²) in [6, 6.07) is 12.9. The number of nitrogens with one attached hydrogen (secondary N) is 4. The van der Waals surface area contributed by atoms with Crippen LogP contribution in [0.4, 0.5) is 35.5 Å². The number of anilines is 3. The van der Waals surface area contributed by atoms with Gasteiger partial charge < -0.3 is 35.6 Å². The van der Waals surface area contributed by atoms with E-state index in [0.717, 1.165) is 5.56 Å². The molecule has 6 bridgehead atoms. The highest BCUT2D eigenvalue weighted by Gasteiger charge is 2.29. The first kappa shape index (κ1) is 30.1. The van der Waals surface area contributed by atoms with Crippen molar-refractivity contribution in [3.8, 4) is 11.8 Å². The minimum Gasteiger partial charge on any atom is -0.492 e. The van der Waals surface area contributed by atoms with Crippen molar-refractivity contribution in [1.29, 1.82) is 0 Å². The molecule has 4 N–H and O–H groups in total. The van der Waals surface area contributed by atoms with Crippen LogP contribution < -0.4 is 30.7 Å². The van der Waals surface area contributed by atoms with Crippen LogP contribution in [0, 0.1) is 0 Å². The summed E-state index contributed by atoms with van der Waals surface area (Å²) in [5.74, 6) is 0.274. The third-order valence-corrected chi connectivity index (χ3v) is 6.03. The molecule has 0 atom stereocenters. The van der Waals surface area contributed by atoms with E-state index in [1.807, 2.05) is 12.1 Å². The second-order valence-electron chi connectivity index (χ2n) is 9.22. The Morgan fingerprint density at radius 1 is 1.00 bits per heavy atom. The second kappa shape index (κ2) is 14.2. The van der Waals surface area contributed by atoms with Gasteiger partial charge in [0.2, 0.25) is 11.9 Å². The van der Waals surface area contributed by atoms with Gasteiger partial charge in [-0.2, -0.15) is 28.1 Å². The minimum atomic E-state index is -4.58. The number of carbonyl (C=O) groups excluding carboxylic acids is 2. The van der Waals surface area contributed by atoms with E-state index in [2.05, 4.69) is 36.2 Å². The number of halogens is 3. The van der Waals surface area contributed by atoms with Gasteiger partial charge >= 0.3 is 18.2 Å². The van der Waals surface area contributed by atoms with Crippen LogP contribution in [-0.2, 0) is 6.54 Å². The van der Waals surface area contributed by atoms with Gasteiger partial charge in [0.15, 0.2) is 6.61 Å². The first-order valence-corrected chi connectivity index (χ1v) is 13.2. The fourth-order valence-electron chi connectivity index (χ4n) is 3.90. The maximum atomic E-state index is 12.8. The van der Waals surface area contributed by atoms with Gasteiger partial charge in [-0.25, -0.2) is 4.79 Å². The maximum absolute atomic E-state index is 12.8. The lowest BCUT2D eigenvalue weighted by Crippen LogP contribution is -2.41. The summed E-state index contributed by atoms with van der Waals surface area (Å²) in [7, 11) is 1.57. The van der Waals surface area contributed by atoms with Gasteiger partial charge in [0.25, 0.3) is 5.91 Å². The number of benzene rings is 2. The summed E-state index contributed by atoms with van der Waals surface area (Å²) in [4.78, 5) is 38.6. The molecule has 0 saturated carbocycles. The average Bonchev–Trinajstić information content (AvgIpc) is 2.97. The topological polar surface area (TPSA) is 143 Å². The molecule has 0 spiro atoms. The van der Waals surface area contributed by atoms with E-state index in [0.29, 0.717) is 49.5 Å². The highest BCUT2D eigenvalue weighted by Crippen LogP contribution is 2.21. The molecule has 1 aromatic heterocycles. The molecular formula is C27H31F3N8O4. The van der Waals surface area contributed by atoms with Crippen LogP contribution in [0.1, 0.15) is 28.8 Å². The highest BCUT2D eigenvalue weighted by atomic mass is 19.4. The fourth-order valence-corrected chi connectivity index (χ4v) is 3.90. The van der Waals surface area contributed by atoms with E-state index in [1.54, 1.807) is 48.3 Å². The van der Waals surface area contributed by atoms with Crippen LogP contribution in [0.15, 0.2) is 48.5 Å². The van der Waals surface area contributed by atoms with E-state index in [-0.39, 0.29) is 37.0 Å². The van der Waals surface area contributed by atoms with Crippen molar-refractivity contribution in [2.75, 3.05) is 50.5 Å². The van der Waals surface area contributed by atoms with Crippen molar-refractivity contribution in [2.24, 2.45) is 0 Å². The van der Waals surface area contributed by atoms with Crippen molar-refractivity contribution >= 4 is 29.5 Å². The van der Waals surface area contributed by atoms with E-state index in [9.17, 15) is 22.8 Å². The van der Waals surface area contributed by atoms with Gasteiger partial charge in [-0.1, -0.05) is 12.1 Å². The molecule has 224 valence electrons. The average molecular weight is 589 g/mol. The quantitative estimate of drug-likeness (QED) is 0.352. The Kier molecular flexibility index (Phi) is 10.2. The molecule has 5 heterocycles. The molecule has 2 aromatic carbocycles. The van der Waals surface area contributed by atoms with Gasteiger partial charge in [0.05, 0.1) is 6.54 Å². The van der Waals surface area contributed by atoms with Crippen LogP contribution >= 0.6 is 0 Å². The molecule has 42 heavy (non-hydrogen) atoms. The largest absolute Gasteiger partial charge is 0.492 e. The predicted octanol–water partition coefficient (Wildman–Crippen LogP) is 3.71. The molecule has 4 aliphatic rings. The van der Waals surface area contributed by atoms with Crippen LogP contribution in [-0.4, -0.2) is 77.9 Å². The Morgan fingerprint density at radius 2 is 1.74 bits per heavy atom. The molecule has 3 amide bonds.